The molecule has 2 amide bonds. The van der Waals surface area contributed by atoms with Crippen LogP contribution in [-0.4, -0.2) is 12.2 Å². The fourth-order valence-corrected chi connectivity index (χ4v) is 2.01. The van der Waals surface area contributed by atoms with E-state index in [1.807, 2.05) is 31.2 Å². The maximum Gasteiger partial charge on any atom is 0.368 e. The number of carbonyl (C=O) groups excluding carboxylic acids is 1. The van der Waals surface area contributed by atoms with Crippen molar-refractivity contribution < 1.29 is 4.79 Å². The van der Waals surface area contributed by atoms with Crippen molar-refractivity contribution in [3.63, 3.8) is 0 Å². The molecule has 1 unspecified atom stereocenters. The van der Waals surface area contributed by atoms with Gasteiger partial charge in [0.2, 0.25) is 0 Å². The highest BCUT2D eigenvalue weighted by molar-refractivity contribution is 5.95. The van der Waals surface area contributed by atoms with Crippen molar-refractivity contribution in [3.05, 3.63) is 29.8 Å². The Morgan fingerprint density at radius 3 is 2.41 bits per heavy atom. The van der Waals surface area contributed by atoms with Crippen molar-refractivity contribution >= 4 is 11.7 Å². The van der Waals surface area contributed by atoms with Crippen LogP contribution < -0.4 is 4.90 Å². The number of benzene rings is 1. The molecule has 2 rings (SSSR count). The molecule has 0 fully saturated rings. The second kappa shape index (κ2) is 3.95. The van der Waals surface area contributed by atoms with Crippen molar-refractivity contribution in [2.24, 2.45) is 10.2 Å². The van der Waals surface area contributed by atoms with Crippen LogP contribution in [0.25, 0.3) is 0 Å². The Labute approximate surface area is 101 Å². The van der Waals surface area contributed by atoms with Gasteiger partial charge in [0.25, 0.3) is 0 Å². The van der Waals surface area contributed by atoms with Gasteiger partial charge in [0.1, 0.15) is 6.17 Å². The van der Waals surface area contributed by atoms with Gasteiger partial charge in [0.05, 0.1) is 5.69 Å². The van der Waals surface area contributed by atoms with Gasteiger partial charge in [-0.15, -0.1) is 0 Å². The molecule has 0 saturated heterocycles. The zero-order valence-corrected chi connectivity index (χ0v) is 10.6. The number of anilines is 1. The summed E-state index contributed by atoms with van der Waals surface area (Å²) in [6, 6.07) is 7.64. The topological polar surface area (TPSA) is 45.0 Å². The second-order valence-electron chi connectivity index (χ2n) is 5.27. The van der Waals surface area contributed by atoms with Gasteiger partial charge in [-0.05, 0) is 24.0 Å². The molecule has 17 heavy (non-hydrogen) atoms. The van der Waals surface area contributed by atoms with Crippen molar-refractivity contribution in [2.45, 2.75) is 39.3 Å². The van der Waals surface area contributed by atoms with Gasteiger partial charge < -0.3 is 0 Å². The van der Waals surface area contributed by atoms with Gasteiger partial charge in [-0.1, -0.05) is 44.1 Å². The molecule has 4 heteroatoms. The molecule has 1 aromatic rings. The second-order valence-corrected chi connectivity index (χ2v) is 5.27. The number of urea groups is 1. The Morgan fingerprint density at radius 1 is 1.24 bits per heavy atom. The first-order valence-corrected chi connectivity index (χ1v) is 5.75. The molecule has 1 atom stereocenters. The van der Waals surface area contributed by atoms with Gasteiger partial charge in [0.15, 0.2) is 0 Å². The summed E-state index contributed by atoms with van der Waals surface area (Å²) >= 11 is 0. The summed E-state index contributed by atoms with van der Waals surface area (Å²) in [6.07, 6.45) is -0.217. The van der Waals surface area contributed by atoms with E-state index >= 15 is 0 Å². The van der Waals surface area contributed by atoms with E-state index < -0.39 is 0 Å². The van der Waals surface area contributed by atoms with Gasteiger partial charge in [-0.25, -0.2) is 4.79 Å². The molecule has 1 aromatic carbocycles. The Balaban J connectivity index is 2.50. The summed E-state index contributed by atoms with van der Waals surface area (Å²) in [5.41, 5.74) is 2.02. The molecule has 90 valence electrons. The number of nitrogens with zero attached hydrogens (tertiary/aromatic N) is 3. The first-order valence-electron chi connectivity index (χ1n) is 5.75. The average Bonchev–Trinajstić information content (AvgIpc) is 2.57. The number of rotatable bonds is 1. The predicted octanol–water partition coefficient (Wildman–Crippen LogP) is 3.72. The zero-order valence-electron chi connectivity index (χ0n) is 10.6. The Bertz CT molecular complexity index is 474. The van der Waals surface area contributed by atoms with Crippen LogP contribution in [0.4, 0.5) is 10.5 Å². The van der Waals surface area contributed by atoms with Gasteiger partial charge in [-0.3, -0.25) is 4.90 Å². The van der Waals surface area contributed by atoms with Crippen LogP contribution in [-0.2, 0) is 5.41 Å². The highest BCUT2D eigenvalue weighted by Gasteiger charge is 2.31. The smallest absolute Gasteiger partial charge is 0.267 e. The largest absolute Gasteiger partial charge is 0.368 e. The number of hydrogen-bond donors (Lipinski definition) is 0. The standard InChI is InChI=1S/C13H17N3O/c1-9-14-15-12(17)16(9)11-8-6-5-7-10(11)13(2,3)4/h5-9H,1-4H3. The van der Waals surface area contributed by atoms with E-state index in [1.165, 1.54) is 0 Å². The fraction of sp³-hybridized carbons (Fsp3) is 0.462. The van der Waals surface area contributed by atoms with Crippen molar-refractivity contribution in [3.8, 4) is 0 Å². The Kier molecular flexibility index (Phi) is 2.73. The highest BCUT2D eigenvalue weighted by atomic mass is 16.2. The van der Waals surface area contributed by atoms with Gasteiger partial charge in [0, 0.05) is 0 Å². The molecular weight excluding hydrogens is 214 g/mol. The zero-order chi connectivity index (χ0) is 12.6. The maximum atomic E-state index is 11.7. The summed E-state index contributed by atoms with van der Waals surface area (Å²) in [7, 11) is 0. The molecule has 0 N–H and O–H groups in total. The van der Waals surface area contributed by atoms with Crippen molar-refractivity contribution in [2.75, 3.05) is 4.90 Å². The number of carbonyl (C=O) groups is 1. The fourth-order valence-electron chi connectivity index (χ4n) is 2.01. The minimum atomic E-state index is -0.283. The molecular formula is C13H17N3O. The number of para-hydroxylation sites is 1. The van der Waals surface area contributed by atoms with Crippen LogP contribution in [0.1, 0.15) is 33.3 Å². The SMILES string of the molecule is CC1N=NC(=O)N1c1ccccc1C(C)(C)C. The van der Waals surface area contributed by atoms with Crippen molar-refractivity contribution in [1.29, 1.82) is 0 Å². The summed E-state index contributed by atoms with van der Waals surface area (Å²) in [5, 5.41) is 7.51. The van der Waals surface area contributed by atoms with E-state index in [1.54, 1.807) is 4.90 Å². The Hall–Kier alpha value is -1.71. The lowest BCUT2D eigenvalue weighted by Gasteiger charge is -2.28. The Morgan fingerprint density at radius 2 is 1.88 bits per heavy atom. The molecule has 1 aliphatic heterocycles. The number of amides is 2. The van der Waals surface area contributed by atoms with Gasteiger partial charge in [-0.2, -0.15) is 5.11 Å². The molecule has 0 aromatic heterocycles. The van der Waals surface area contributed by atoms with E-state index in [2.05, 4.69) is 31.0 Å². The van der Waals surface area contributed by atoms with Crippen LogP contribution in [0.2, 0.25) is 0 Å². The molecule has 0 spiro atoms. The molecule has 0 radical (unpaired) electrons. The molecule has 0 aliphatic carbocycles. The third-order valence-corrected chi connectivity index (χ3v) is 2.86. The van der Waals surface area contributed by atoms with Crippen LogP contribution in [0.5, 0.6) is 0 Å². The molecule has 1 aliphatic rings. The lowest BCUT2D eigenvalue weighted by molar-refractivity contribution is 0.255. The predicted molar refractivity (Wildman–Crippen MR) is 67.3 cm³/mol. The molecule has 1 heterocycles. The minimum Gasteiger partial charge on any atom is -0.267 e. The van der Waals surface area contributed by atoms with Crippen LogP contribution in [0.3, 0.4) is 0 Å². The van der Waals surface area contributed by atoms with Crippen molar-refractivity contribution in [1.82, 2.24) is 0 Å². The number of hydrogen-bond acceptors (Lipinski definition) is 2. The summed E-state index contributed by atoms with van der Waals surface area (Å²) in [4.78, 5) is 13.4. The van der Waals surface area contributed by atoms with E-state index in [0.29, 0.717) is 0 Å². The van der Waals surface area contributed by atoms with E-state index in [4.69, 9.17) is 0 Å². The minimum absolute atomic E-state index is 0.0147. The third kappa shape index (κ3) is 2.07. The summed E-state index contributed by atoms with van der Waals surface area (Å²) < 4.78 is 0. The molecule has 4 nitrogen and oxygen atoms in total. The highest BCUT2D eigenvalue weighted by Crippen LogP contribution is 2.34. The maximum absolute atomic E-state index is 11.7. The van der Waals surface area contributed by atoms with Gasteiger partial charge >= 0.3 is 6.03 Å². The molecule has 0 bridgehead atoms. The van der Waals surface area contributed by atoms with Crippen LogP contribution >= 0.6 is 0 Å². The van der Waals surface area contributed by atoms with E-state index in [-0.39, 0.29) is 17.6 Å². The number of azo groups is 1. The average molecular weight is 231 g/mol. The molecule has 0 saturated carbocycles. The normalized spacial score (nSPS) is 20.1. The first-order chi connectivity index (χ1) is 7.91. The van der Waals surface area contributed by atoms with Crippen LogP contribution in [0.15, 0.2) is 34.5 Å². The summed E-state index contributed by atoms with van der Waals surface area (Å²) in [5.74, 6) is 0. The van der Waals surface area contributed by atoms with Crippen LogP contribution in [0, 0.1) is 0 Å². The first kappa shape index (κ1) is 11.8. The lowest BCUT2D eigenvalue weighted by atomic mass is 9.85. The lowest BCUT2D eigenvalue weighted by Crippen LogP contribution is -2.33. The summed E-state index contributed by atoms with van der Waals surface area (Å²) in [6.45, 7) is 8.26. The van der Waals surface area contributed by atoms with E-state index in [9.17, 15) is 4.79 Å². The third-order valence-electron chi connectivity index (χ3n) is 2.86. The van der Waals surface area contributed by atoms with E-state index in [0.717, 1.165) is 11.3 Å². The monoisotopic (exact) mass is 231 g/mol. The quantitative estimate of drug-likeness (QED) is 0.726.